The van der Waals surface area contributed by atoms with Crippen molar-refractivity contribution in [1.82, 2.24) is 5.32 Å². The van der Waals surface area contributed by atoms with E-state index < -0.39 is 6.04 Å². The van der Waals surface area contributed by atoms with E-state index >= 15 is 0 Å². The zero-order valence-corrected chi connectivity index (χ0v) is 15.2. The number of carbonyl (C=O) groups is 1. The van der Waals surface area contributed by atoms with Crippen LogP contribution in [-0.4, -0.2) is 11.9 Å². The van der Waals surface area contributed by atoms with E-state index in [0.29, 0.717) is 6.42 Å². The third-order valence-electron chi connectivity index (χ3n) is 4.19. The Morgan fingerprint density at radius 1 is 0.769 bits per heavy atom. The van der Waals surface area contributed by atoms with Crippen LogP contribution in [0.15, 0.2) is 91.0 Å². The number of hydrogen-bond donors (Lipinski definition) is 2. The maximum atomic E-state index is 12.7. The van der Waals surface area contributed by atoms with Gasteiger partial charge in [-0.1, -0.05) is 91.0 Å². The Hall–Kier alpha value is -2.62. The highest BCUT2D eigenvalue weighted by Gasteiger charge is 2.20. The van der Waals surface area contributed by atoms with E-state index in [1.165, 1.54) is 0 Å². The number of amides is 1. The fourth-order valence-corrected chi connectivity index (χ4v) is 2.86. The maximum absolute atomic E-state index is 12.7. The van der Waals surface area contributed by atoms with Crippen LogP contribution in [0.4, 0.5) is 0 Å². The van der Waals surface area contributed by atoms with Gasteiger partial charge in [-0.05, 0) is 23.1 Å². The molecule has 3 nitrogen and oxygen atoms in total. The molecule has 0 fully saturated rings. The molecule has 0 aromatic heterocycles. The Morgan fingerprint density at radius 3 is 1.65 bits per heavy atom. The van der Waals surface area contributed by atoms with Crippen LogP contribution in [-0.2, 0) is 11.2 Å². The van der Waals surface area contributed by atoms with Crippen LogP contribution in [0.3, 0.4) is 0 Å². The Kier molecular flexibility index (Phi) is 7.39. The number of nitrogens with one attached hydrogen (secondary N) is 1. The van der Waals surface area contributed by atoms with E-state index in [1.54, 1.807) is 0 Å². The molecule has 0 aliphatic heterocycles. The first kappa shape index (κ1) is 19.7. The van der Waals surface area contributed by atoms with Gasteiger partial charge in [0.2, 0.25) is 5.91 Å². The third-order valence-corrected chi connectivity index (χ3v) is 4.19. The molecule has 0 saturated carbocycles. The van der Waals surface area contributed by atoms with Crippen LogP contribution in [0.1, 0.15) is 22.7 Å². The highest BCUT2D eigenvalue weighted by atomic mass is 35.5. The first-order chi connectivity index (χ1) is 12.2. The van der Waals surface area contributed by atoms with Crippen molar-refractivity contribution >= 4 is 18.3 Å². The molecule has 3 aromatic carbocycles. The average molecular weight is 367 g/mol. The van der Waals surface area contributed by atoms with Crippen molar-refractivity contribution in [3.05, 3.63) is 108 Å². The van der Waals surface area contributed by atoms with Gasteiger partial charge < -0.3 is 11.1 Å². The number of hydrogen-bond acceptors (Lipinski definition) is 2. The Bertz CT molecular complexity index is 755. The number of benzene rings is 3. The summed E-state index contributed by atoms with van der Waals surface area (Å²) in [6, 6.07) is 28.9. The van der Waals surface area contributed by atoms with E-state index in [-0.39, 0.29) is 24.4 Å². The van der Waals surface area contributed by atoms with Crippen molar-refractivity contribution < 1.29 is 4.79 Å². The van der Waals surface area contributed by atoms with Crippen LogP contribution in [0, 0.1) is 0 Å². The molecule has 0 saturated heterocycles. The monoisotopic (exact) mass is 366 g/mol. The number of carbonyl (C=O) groups excluding carboxylic acids is 1. The zero-order valence-electron chi connectivity index (χ0n) is 14.4. The lowest BCUT2D eigenvalue weighted by Gasteiger charge is -2.22. The maximum Gasteiger partial charge on any atom is 0.238 e. The van der Waals surface area contributed by atoms with E-state index in [0.717, 1.165) is 16.7 Å². The lowest BCUT2D eigenvalue weighted by molar-refractivity contribution is -0.122. The van der Waals surface area contributed by atoms with Crippen molar-refractivity contribution in [2.75, 3.05) is 0 Å². The standard InChI is InChI=1S/C22H22N2O.ClH/c23-20(16-17-10-4-1-5-11-17)22(25)24-21(18-12-6-2-7-13-18)19-14-8-3-9-15-19;/h1-15,20-21H,16,23H2,(H,24,25);1H/t20-;/m0./s1. The van der Waals surface area contributed by atoms with E-state index in [9.17, 15) is 4.79 Å². The second kappa shape index (κ2) is 9.76. The molecule has 0 bridgehead atoms. The van der Waals surface area contributed by atoms with E-state index in [2.05, 4.69) is 5.32 Å². The molecule has 3 aromatic rings. The predicted molar refractivity (Wildman–Crippen MR) is 108 cm³/mol. The quantitative estimate of drug-likeness (QED) is 0.695. The minimum Gasteiger partial charge on any atom is -0.344 e. The van der Waals surface area contributed by atoms with Crippen LogP contribution < -0.4 is 11.1 Å². The minimum atomic E-state index is -0.586. The average Bonchev–Trinajstić information content (AvgIpc) is 2.68. The van der Waals surface area contributed by atoms with Gasteiger partial charge >= 0.3 is 0 Å². The Morgan fingerprint density at radius 2 is 1.19 bits per heavy atom. The fraction of sp³-hybridized carbons (Fsp3) is 0.136. The normalized spacial score (nSPS) is 11.5. The number of nitrogens with two attached hydrogens (primary N) is 1. The summed E-state index contributed by atoms with van der Waals surface area (Å²) in [5.41, 5.74) is 9.27. The molecule has 0 heterocycles. The van der Waals surface area contributed by atoms with Crippen molar-refractivity contribution in [1.29, 1.82) is 0 Å². The lowest BCUT2D eigenvalue weighted by atomic mass is 9.98. The summed E-state index contributed by atoms with van der Waals surface area (Å²) in [5.74, 6) is -0.151. The summed E-state index contributed by atoms with van der Waals surface area (Å²) in [5, 5.41) is 3.11. The summed E-state index contributed by atoms with van der Waals surface area (Å²) in [6.07, 6.45) is 0.517. The second-order valence-corrected chi connectivity index (χ2v) is 6.06. The predicted octanol–water partition coefficient (Wildman–Crippen LogP) is 3.88. The van der Waals surface area contributed by atoms with Crippen molar-refractivity contribution in [2.45, 2.75) is 18.5 Å². The molecule has 0 radical (unpaired) electrons. The largest absolute Gasteiger partial charge is 0.344 e. The molecule has 0 unspecified atom stereocenters. The summed E-state index contributed by atoms with van der Waals surface area (Å²) < 4.78 is 0. The van der Waals surface area contributed by atoms with Gasteiger partial charge in [-0.15, -0.1) is 12.4 Å². The summed E-state index contributed by atoms with van der Waals surface area (Å²) >= 11 is 0. The molecule has 0 spiro atoms. The molecule has 134 valence electrons. The Balaban J connectivity index is 0.00000243. The molecule has 1 amide bonds. The highest BCUT2D eigenvalue weighted by molar-refractivity contribution is 5.85. The molecular formula is C22H23ClN2O. The first-order valence-corrected chi connectivity index (χ1v) is 8.44. The van der Waals surface area contributed by atoms with Crippen molar-refractivity contribution in [3.8, 4) is 0 Å². The summed E-state index contributed by atoms with van der Waals surface area (Å²) in [6.45, 7) is 0. The van der Waals surface area contributed by atoms with Crippen LogP contribution in [0.5, 0.6) is 0 Å². The first-order valence-electron chi connectivity index (χ1n) is 8.44. The molecular weight excluding hydrogens is 344 g/mol. The summed E-state index contributed by atoms with van der Waals surface area (Å²) in [4.78, 5) is 12.7. The van der Waals surface area contributed by atoms with Gasteiger partial charge in [0.05, 0.1) is 12.1 Å². The van der Waals surface area contributed by atoms with Gasteiger partial charge in [-0.2, -0.15) is 0 Å². The smallest absolute Gasteiger partial charge is 0.238 e. The second-order valence-electron chi connectivity index (χ2n) is 6.06. The SMILES string of the molecule is Cl.N[C@@H](Cc1ccccc1)C(=O)NC(c1ccccc1)c1ccccc1. The number of halogens is 1. The molecule has 0 aliphatic rings. The van der Waals surface area contributed by atoms with E-state index in [1.807, 2.05) is 91.0 Å². The van der Waals surface area contributed by atoms with Gasteiger partial charge in [0.25, 0.3) is 0 Å². The molecule has 3 N–H and O–H groups in total. The van der Waals surface area contributed by atoms with Gasteiger partial charge in [0.15, 0.2) is 0 Å². The van der Waals surface area contributed by atoms with Crippen LogP contribution in [0.25, 0.3) is 0 Å². The van der Waals surface area contributed by atoms with Gasteiger partial charge in [0, 0.05) is 0 Å². The van der Waals surface area contributed by atoms with E-state index in [4.69, 9.17) is 5.73 Å². The number of rotatable bonds is 6. The lowest BCUT2D eigenvalue weighted by Crippen LogP contribution is -2.43. The summed E-state index contributed by atoms with van der Waals surface area (Å²) in [7, 11) is 0. The zero-order chi connectivity index (χ0) is 17.5. The Labute approximate surface area is 160 Å². The molecule has 3 rings (SSSR count). The van der Waals surface area contributed by atoms with Gasteiger partial charge in [-0.25, -0.2) is 0 Å². The van der Waals surface area contributed by atoms with Crippen LogP contribution >= 0.6 is 12.4 Å². The topological polar surface area (TPSA) is 55.1 Å². The van der Waals surface area contributed by atoms with Gasteiger partial charge in [-0.3, -0.25) is 4.79 Å². The third kappa shape index (κ3) is 5.19. The van der Waals surface area contributed by atoms with Crippen molar-refractivity contribution in [2.24, 2.45) is 5.73 Å². The molecule has 1 atom stereocenters. The highest BCUT2D eigenvalue weighted by Crippen LogP contribution is 2.21. The molecule has 0 aliphatic carbocycles. The van der Waals surface area contributed by atoms with Crippen LogP contribution in [0.2, 0.25) is 0 Å². The van der Waals surface area contributed by atoms with Gasteiger partial charge in [0.1, 0.15) is 0 Å². The fourth-order valence-electron chi connectivity index (χ4n) is 2.86. The molecule has 26 heavy (non-hydrogen) atoms. The van der Waals surface area contributed by atoms with Crippen molar-refractivity contribution in [3.63, 3.8) is 0 Å². The minimum absolute atomic E-state index is 0. The molecule has 4 heteroatoms.